The molecule has 2 aromatic heterocycles. The van der Waals surface area contributed by atoms with Crippen molar-refractivity contribution in [2.75, 3.05) is 11.6 Å². The zero-order chi connectivity index (χ0) is 28.7. The van der Waals surface area contributed by atoms with Crippen molar-refractivity contribution >= 4 is 49.3 Å². The lowest BCUT2D eigenvalue weighted by Crippen LogP contribution is -2.14. The second-order valence-electron chi connectivity index (χ2n) is 9.21. The molecule has 0 atom stereocenters. The van der Waals surface area contributed by atoms with Gasteiger partial charge in [-0.15, -0.1) is 0 Å². The van der Waals surface area contributed by atoms with Crippen LogP contribution >= 0.6 is 0 Å². The highest BCUT2D eigenvalue weighted by Crippen LogP contribution is 2.34. The number of carbonyl (C=O) groups excluding carboxylic acids is 2. The highest BCUT2D eigenvalue weighted by atomic mass is 32.2. The lowest BCUT2D eigenvalue weighted by atomic mass is 9.99. The highest BCUT2D eigenvalue weighted by molar-refractivity contribution is 7.90. The second-order valence-corrected chi connectivity index (χ2v) is 11.2. The number of aromatic amines is 1. The van der Waals surface area contributed by atoms with Crippen molar-refractivity contribution in [3.05, 3.63) is 95.3 Å². The van der Waals surface area contributed by atoms with E-state index >= 15 is 0 Å². The summed E-state index contributed by atoms with van der Waals surface area (Å²) in [6.07, 6.45) is -2.10. The molecule has 5 rings (SSSR count). The van der Waals surface area contributed by atoms with Gasteiger partial charge in [0.25, 0.3) is 5.91 Å². The number of aryl methyl sites for hydroxylation is 1. The number of hydrogen-bond donors (Lipinski definition) is 2. The molecule has 0 saturated carbocycles. The topological polar surface area (TPSA) is 122 Å². The van der Waals surface area contributed by atoms with Crippen LogP contribution in [-0.4, -0.2) is 41.3 Å². The third-order valence-electron chi connectivity index (χ3n) is 6.30. The molecule has 0 radical (unpaired) electrons. The summed E-state index contributed by atoms with van der Waals surface area (Å²) in [7, 11) is -3.39. The predicted molar refractivity (Wildman–Crippen MR) is 143 cm³/mol. The first-order valence-electron chi connectivity index (χ1n) is 12.0. The minimum absolute atomic E-state index is 0.0211. The van der Waals surface area contributed by atoms with Crippen LogP contribution in [0.2, 0.25) is 0 Å². The Bertz CT molecular complexity index is 1880. The number of nitrogens with zero attached hydrogens (tertiary/aromatic N) is 2. The number of ketones is 1. The number of benzene rings is 3. The van der Waals surface area contributed by atoms with Crippen molar-refractivity contribution in [3.8, 4) is 0 Å². The molecule has 8 nitrogen and oxygen atoms in total. The van der Waals surface area contributed by atoms with E-state index in [1.54, 1.807) is 18.2 Å². The van der Waals surface area contributed by atoms with Gasteiger partial charge in [0.2, 0.25) is 5.95 Å². The van der Waals surface area contributed by atoms with Crippen LogP contribution in [0.15, 0.2) is 77.8 Å². The number of aromatic nitrogens is 3. The Labute approximate surface area is 226 Å². The van der Waals surface area contributed by atoms with E-state index in [1.165, 1.54) is 18.3 Å². The maximum Gasteiger partial charge on any atom is 0.416 e. The van der Waals surface area contributed by atoms with Gasteiger partial charge in [0.15, 0.2) is 15.6 Å². The number of H-pyrrole nitrogens is 1. The predicted octanol–water partition coefficient (Wildman–Crippen LogP) is 5.60. The third kappa shape index (κ3) is 5.71. The fourth-order valence-electron chi connectivity index (χ4n) is 4.23. The summed E-state index contributed by atoms with van der Waals surface area (Å²) in [5.41, 5.74) is -0.670. The number of pyridine rings is 1. The van der Waals surface area contributed by atoms with Crippen LogP contribution in [0.3, 0.4) is 0 Å². The number of anilines is 1. The molecule has 5 aromatic rings. The molecule has 40 heavy (non-hydrogen) atoms. The summed E-state index contributed by atoms with van der Waals surface area (Å²) < 4.78 is 64.2. The quantitative estimate of drug-likeness (QED) is 0.247. The Morgan fingerprint density at radius 3 is 2.35 bits per heavy atom. The Hall–Kier alpha value is -4.58. The van der Waals surface area contributed by atoms with Crippen LogP contribution in [0, 0.1) is 0 Å². The van der Waals surface area contributed by atoms with Gasteiger partial charge >= 0.3 is 6.18 Å². The lowest BCUT2D eigenvalue weighted by Gasteiger charge is -2.09. The van der Waals surface area contributed by atoms with Crippen LogP contribution in [0.4, 0.5) is 19.1 Å². The number of carbonyl (C=O) groups is 2. The van der Waals surface area contributed by atoms with Gasteiger partial charge in [-0.3, -0.25) is 19.9 Å². The molecule has 0 spiro atoms. The molecule has 1 amide bonds. The van der Waals surface area contributed by atoms with Gasteiger partial charge in [-0.25, -0.2) is 13.4 Å². The molecular weight excluding hydrogens is 545 g/mol. The van der Waals surface area contributed by atoms with Crippen molar-refractivity contribution in [1.82, 2.24) is 15.0 Å². The Morgan fingerprint density at radius 1 is 0.975 bits per heavy atom. The molecule has 0 aliphatic carbocycles. The Kier molecular flexibility index (Phi) is 6.88. The molecule has 0 aliphatic heterocycles. The number of Topliss-reactive ketones (excluding diaryl/α,β-unsaturated/α-hetero) is 1. The summed E-state index contributed by atoms with van der Waals surface area (Å²) in [5.74, 6) is -1.37. The minimum Gasteiger partial charge on any atom is -0.324 e. The van der Waals surface area contributed by atoms with Crippen molar-refractivity contribution in [2.45, 2.75) is 23.9 Å². The van der Waals surface area contributed by atoms with Crippen LogP contribution < -0.4 is 5.32 Å². The second kappa shape index (κ2) is 10.2. The third-order valence-corrected chi connectivity index (χ3v) is 7.43. The molecule has 0 aliphatic rings. The number of alkyl halides is 3. The van der Waals surface area contributed by atoms with Gasteiger partial charge in [-0.2, -0.15) is 13.2 Å². The van der Waals surface area contributed by atoms with E-state index in [-0.39, 0.29) is 46.0 Å². The number of fused-ring (bicyclic) bond motifs is 2. The maximum atomic E-state index is 13.6. The monoisotopic (exact) mass is 566 g/mol. The lowest BCUT2D eigenvalue weighted by molar-refractivity contribution is -0.137. The number of nitrogens with one attached hydrogen (secondary N) is 2. The zero-order valence-electron chi connectivity index (χ0n) is 20.9. The summed E-state index contributed by atoms with van der Waals surface area (Å²) in [4.78, 5) is 37.0. The highest BCUT2D eigenvalue weighted by Gasteiger charge is 2.33. The van der Waals surface area contributed by atoms with Crippen LogP contribution in [0.25, 0.3) is 21.8 Å². The van der Waals surface area contributed by atoms with Gasteiger partial charge in [0.05, 0.1) is 16.0 Å². The number of hydrogen-bond acceptors (Lipinski definition) is 6. The molecular formula is C28H21F3N4O4S. The van der Waals surface area contributed by atoms with Crippen molar-refractivity contribution in [3.63, 3.8) is 0 Å². The summed E-state index contributed by atoms with van der Waals surface area (Å²) in [5, 5.41) is 4.11. The normalized spacial score (nSPS) is 12.1. The Morgan fingerprint density at radius 2 is 1.68 bits per heavy atom. The number of sulfone groups is 1. The summed E-state index contributed by atoms with van der Waals surface area (Å²) in [6.45, 7) is 0. The van der Waals surface area contributed by atoms with E-state index in [0.717, 1.165) is 29.2 Å². The largest absolute Gasteiger partial charge is 0.416 e. The van der Waals surface area contributed by atoms with Crippen LogP contribution in [0.5, 0.6) is 0 Å². The number of imidazole rings is 1. The standard InChI is InChI=1S/C28H21F3N4O4S/c1-40(38,39)20-9-6-16(7-10-20)8-11-24(36)21-13-19(28(29,30)31)14-22-25(21)34-27(33-22)35-26(37)23-12-17-4-2-3-5-18(17)15-32-23/h2-7,9-10,12-15H,8,11H2,1H3,(H2,33,34,35,37). The van der Waals surface area contributed by atoms with Crippen LogP contribution in [-0.2, 0) is 22.4 Å². The molecule has 0 saturated heterocycles. The molecule has 3 aromatic carbocycles. The minimum atomic E-state index is -4.73. The van der Waals surface area contributed by atoms with Crippen molar-refractivity contribution in [1.29, 1.82) is 0 Å². The van der Waals surface area contributed by atoms with Crippen LogP contribution in [0.1, 0.15) is 38.4 Å². The molecule has 12 heteroatoms. The molecule has 2 N–H and O–H groups in total. The number of halogens is 3. The van der Waals surface area contributed by atoms with E-state index in [2.05, 4.69) is 20.3 Å². The van der Waals surface area contributed by atoms with E-state index in [9.17, 15) is 31.2 Å². The maximum absolute atomic E-state index is 13.6. The van der Waals surface area contributed by atoms with Gasteiger partial charge in [0.1, 0.15) is 11.2 Å². The molecule has 204 valence electrons. The van der Waals surface area contributed by atoms with Gasteiger partial charge < -0.3 is 4.98 Å². The van der Waals surface area contributed by atoms with Crippen molar-refractivity contribution < 1.29 is 31.2 Å². The van der Waals surface area contributed by atoms with Gasteiger partial charge in [-0.05, 0) is 47.7 Å². The Balaban J connectivity index is 1.42. The number of rotatable bonds is 7. The first-order valence-corrected chi connectivity index (χ1v) is 13.9. The first kappa shape index (κ1) is 27.0. The molecule has 0 unspecified atom stereocenters. The van der Waals surface area contributed by atoms with Gasteiger partial charge in [-0.1, -0.05) is 36.4 Å². The smallest absolute Gasteiger partial charge is 0.324 e. The summed E-state index contributed by atoms with van der Waals surface area (Å²) >= 11 is 0. The number of amides is 1. The van der Waals surface area contributed by atoms with E-state index < -0.39 is 33.3 Å². The van der Waals surface area contributed by atoms with Crippen molar-refractivity contribution in [2.24, 2.45) is 0 Å². The zero-order valence-corrected chi connectivity index (χ0v) is 21.7. The molecule has 0 bridgehead atoms. The summed E-state index contributed by atoms with van der Waals surface area (Å²) in [6, 6.07) is 16.4. The molecule has 0 fully saturated rings. The van der Waals surface area contributed by atoms with E-state index in [1.807, 2.05) is 24.3 Å². The molecule has 2 heterocycles. The first-order chi connectivity index (χ1) is 18.9. The average molecular weight is 567 g/mol. The average Bonchev–Trinajstić information content (AvgIpc) is 3.32. The van der Waals surface area contributed by atoms with E-state index in [4.69, 9.17) is 0 Å². The van der Waals surface area contributed by atoms with Gasteiger partial charge in [0, 0.05) is 29.8 Å². The van der Waals surface area contributed by atoms with E-state index in [0.29, 0.717) is 5.56 Å². The fraction of sp³-hybridized carbons (Fsp3) is 0.143. The SMILES string of the molecule is CS(=O)(=O)c1ccc(CCC(=O)c2cc(C(F)(F)F)cc3[nH]c(NC(=O)c4cc5ccccc5cn4)nc23)cc1. The fourth-order valence-corrected chi connectivity index (χ4v) is 4.86.